The number of nitrogens with zero attached hydrogens (tertiary/aromatic N) is 2. The molecular formula is C24H28BN3O2. The molecule has 1 atom stereocenters. The van der Waals surface area contributed by atoms with Crippen LogP contribution in [-0.2, 0) is 6.54 Å². The van der Waals surface area contributed by atoms with Crippen molar-refractivity contribution in [3.8, 4) is 0 Å². The van der Waals surface area contributed by atoms with Gasteiger partial charge in [-0.15, -0.1) is 0 Å². The number of benzene rings is 1. The van der Waals surface area contributed by atoms with Crippen LogP contribution in [0.1, 0.15) is 31.5 Å². The number of aromatic amines is 1. The lowest BCUT2D eigenvalue weighted by Gasteiger charge is -2.33. The Morgan fingerprint density at radius 3 is 2.90 bits per heavy atom. The third-order valence-corrected chi connectivity index (χ3v) is 6.63. The van der Waals surface area contributed by atoms with E-state index in [0.717, 1.165) is 43.1 Å². The Balaban J connectivity index is 1.30. The van der Waals surface area contributed by atoms with E-state index in [-0.39, 0.29) is 5.56 Å². The van der Waals surface area contributed by atoms with Gasteiger partial charge in [0.2, 0.25) is 5.58 Å². The fourth-order valence-electron chi connectivity index (χ4n) is 4.87. The highest BCUT2D eigenvalue weighted by Crippen LogP contribution is 2.29. The maximum Gasteiger partial charge on any atom is 0.294 e. The summed E-state index contributed by atoms with van der Waals surface area (Å²) in [6, 6.07) is 6.08. The Labute approximate surface area is 177 Å². The predicted octanol–water partition coefficient (Wildman–Crippen LogP) is 3.51. The molecular weight excluding hydrogens is 373 g/mol. The minimum Gasteiger partial charge on any atom is -0.449 e. The van der Waals surface area contributed by atoms with Gasteiger partial charge in [-0.3, -0.25) is 9.69 Å². The van der Waals surface area contributed by atoms with Gasteiger partial charge in [-0.1, -0.05) is 48.7 Å². The molecule has 1 aliphatic carbocycles. The van der Waals surface area contributed by atoms with Crippen molar-refractivity contribution in [2.45, 2.75) is 39.1 Å². The molecule has 1 N–H and O–H groups in total. The van der Waals surface area contributed by atoms with Crippen LogP contribution >= 0.6 is 0 Å². The summed E-state index contributed by atoms with van der Waals surface area (Å²) in [5.41, 5.74) is 2.78. The molecule has 0 amide bonds. The topological polar surface area (TPSA) is 62.1 Å². The second kappa shape index (κ2) is 8.27. The van der Waals surface area contributed by atoms with E-state index in [1.54, 1.807) is 0 Å². The first kappa shape index (κ1) is 19.4. The van der Waals surface area contributed by atoms with E-state index in [1.807, 2.05) is 12.1 Å². The van der Waals surface area contributed by atoms with E-state index in [0.29, 0.717) is 23.6 Å². The number of furan rings is 1. The number of allylic oxidation sites excluding steroid dienone is 4. The average Bonchev–Trinajstić information content (AvgIpc) is 3.14. The van der Waals surface area contributed by atoms with Gasteiger partial charge in [-0.2, -0.15) is 0 Å². The molecule has 0 radical (unpaired) electrons. The van der Waals surface area contributed by atoms with E-state index in [2.05, 4.69) is 47.1 Å². The predicted molar refractivity (Wildman–Crippen MR) is 124 cm³/mol. The number of H-pyrrole nitrogens is 1. The molecule has 1 unspecified atom stereocenters. The van der Waals surface area contributed by atoms with E-state index < -0.39 is 0 Å². The van der Waals surface area contributed by atoms with Crippen LogP contribution in [0.25, 0.3) is 22.1 Å². The maximum absolute atomic E-state index is 12.6. The van der Waals surface area contributed by atoms with Gasteiger partial charge in [0.15, 0.2) is 7.28 Å². The molecule has 0 saturated carbocycles. The summed E-state index contributed by atoms with van der Waals surface area (Å²) in [6.45, 7) is 4.93. The number of hydrogen-bond acceptors (Lipinski definition) is 4. The normalized spacial score (nSPS) is 20.4. The summed E-state index contributed by atoms with van der Waals surface area (Å²) in [4.78, 5) is 22.8. The molecule has 1 aromatic carbocycles. The smallest absolute Gasteiger partial charge is 0.294 e. The number of rotatable bonds is 5. The fraction of sp³-hybridized carbons (Fsp3) is 0.417. The molecule has 6 heteroatoms. The zero-order valence-corrected chi connectivity index (χ0v) is 17.6. The minimum atomic E-state index is -0.184. The summed E-state index contributed by atoms with van der Waals surface area (Å²) >= 11 is 0. The summed E-state index contributed by atoms with van der Waals surface area (Å²) < 4.78 is 5.78. The van der Waals surface area contributed by atoms with Crippen molar-refractivity contribution >= 4 is 34.8 Å². The molecule has 1 saturated heterocycles. The van der Waals surface area contributed by atoms with Crippen molar-refractivity contribution in [3.05, 3.63) is 58.7 Å². The van der Waals surface area contributed by atoms with Gasteiger partial charge in [0.1, 0.15) is 16.9 Å². The molecule has 30 heavy (non-hydrogen) atoms. The zero-order chi connectivity index (χ0) is 20.5. The molecule has 0 bridgehead atoms. The van der Waals surface area contributed by atoms with E-state index in [4.69, 9.17) is 9.40 Å². The number of nitrogens with one attached hydrogen (secondary N) is 1. The first-order chi connectivity index (χ1) is 14.7. The molecule has 5 nitrogen and oxygen atoms in total. The van der Waals surface area contributed by atoms with Gasteiger partial charge in [0.25, 0.3) is 5.56 Å². The lowest BCUT2D eigenvalue weighted by atomic mass is 9.73. The number of likely N-dealkylation sites (tertiary alicyclic amines) is 1. The molecule has 1 aliphatic heterocycles. The standard InChI is InChI=1S/C24H28BN3O2/c1-25-18-7-8-20-19(14-18)22-23(30-20)24(29)27-21(26-22)15-28-11-9-17(10-12-28)13-16-5-3-2-4-6-16/h2-5,7-8,14,16-17,25H,6,9-13,15H2,1H3,(H,26,27,29). The molecule has 3 heterocycles. The zero-order valence-electron chi connectivity index (χ0n) is 17.6. The molecule has 5 rings (SSSR count). The number of fused-ring (bicyclic) bond motifs is 3. The minimum absolute atomic E-state index is 0.184. The van der Waals surface area contributed by atoms with E-state index in [1.165, 1.54) is 31.1 Å². The van der Waals surface area contributed by atoms with Crippen LogP contribution in [-0.4, -0.2) is 35.2 Å². The van der Waals surface area contributed by atoms with Crippen LogP contribution in [0.2, 0.25) is 6.82 Å². The van der Waals surface area contributed by atoms with Crippen molar-refractivity contribution < 1.29 is 4.42 Å². The third kappa shape index (κ3) is 3.89. The largest absolute Gasteiger partial charge is 0.449 e. The van der Waals surface area contributed by atoms with Crippen molar-refractivity contribution in [3.63, 3.8) is 0 Å². The van der Waals surface area contributed by atoms with E-state index >= 15 is 0 Å². The highest BCUT2D eigenvalue weighted by molar-refractivity contribution is 6.52. The van der Waals surface area contributed by atoms with Crippen LogP contribution in [0.5, 0.6) is 0 Å². The Bertz CT molecular complexity index is 1170. The second-order valence-corrected chi connectivity index (χ2v) is 8.74. The molecule has 0 spiro atoms. The lowest BCUT2D eigenvalue weighted by molar-refractivity contribution is 0.162. The number of piperidine rings is 1. The fourth-order valence-corrected chi connectivity index (χ4v) is 4.87. The molecule has 3 aromatic rings. The van der Waals surface area contributed by atoms with Crippen LogP contribution < -0.4 is 11.0 Å². The maximum atomic E-state index is 12.6. The third-order valence-electron chi connectivity index (χ3n) is 6.63. The SMILES string of the molecule is CBc1ccc2oc3c(=O)[nH]c(CN4CCC(CC5C=CC=CC5)CC4)nc3c2c1. The van der Waals surface area contributed by atoms with Crippen molar-refractivity contribution in [1.82, 2.24) is 14.9 Å². The Kier molecular flexibility index (Phi) is 5.34. The van der Waals surface area contributed by atoms with Gasteiger partial charge in [-0.25, -0.2) is 4.98 Å². The molecule has 154 valence electrons. The van der Waals surface area contributed by atoms with Crippen LogP contribution in [0.15, 0.2) is 51.7 Å². The summed E-state index contributed by atoms with van der Waals surface area (Å²) in [7, 11) is 0.945. The van der Waals surface area contributed by atoms with Crippen molar-refractivity contribution in [2.75, 3.05) is 13.1 Å². The van der Waals surface area contributed by atoms with Crippen LogP contribution in [0.3, 0.4) is 0 Å². The van der Waals surface area contributed by atoms with E-state index in [9.17, 15) is 4.79 Å². The summed E-state index contributed by atoms with van der Waals surface area (Å²) in [5, 5.41) is 0.935. The van der Waals surface area contributed by atoms with Gasteiger partial charge < -0.3 is 9.40 Å². The second-order valence-electron chi connectivity index (χ2n) is 8.74. The number of aromatic nitrogens is 2. The molecule has 1 fully saturated rings. The highest BCUT2D eigenvalue weighted by Gasteiger charge is 2.23. The van der Waals surface area contributed by atoms with Crippen LogP contribution in [0.4, 0.5) is 0 Å². The highest BCUT2D eigenvalue weighted by atomic mass is 16.3. The van der Waals surface area contributed by atoms with Gasteiger partial charge >= 0.3 is 0 Å². The van der Waals surface area contributed by atoms with Crippen molar-refractivity contribution in [2.24, 2.45) is 11.8 Å². The summed E-state index contributed by atoms with van der Waals surface area (Å²) in [6.07, 6.45) is 13.9. The monoisotopic (exact) mass is 401 g/mol. The van der Waals surface area contributed by atoms with Crippen LogP contribution in [0, 0.1) is 11.8 Å². The Morgan fingerprint density at radius 2 is 2.13 bits per heavy atom. The lowest BCUT2D eigenvalue weighted by Crippen LogP contribution is -2.34. The first-order valence-electron chi connectivity index (χ1n) is 11.2. The first-order valence-corrected chi connectivity index (χ1v) is 11.2. The van der Waals surface area contributed by atoms with Gasteiger partial charge in [0.05, 0.1) is 6.54 Å². The van der Waals surface area contributed by atoms with Crippen molar-refractivity contribution in [1.29, 1.82) is 0 Å². The summed E-state index contributed by atoms with van der Waals surface area (Å²) in [5.74, 6) is 2.23. The quantitative estimate of drug-likeness (QED) is 0.665. The van der Waals surface area contributed by atoms with Gasteiger partial charge in [-0.05, 0) is 56.7 Å². The molecule has 2 aliphatic rings. The molecule has 2 aromatic heterocycles. The number of hydrogen-bond donors (Lipinski definition) is 1. The Morgan fingerprint density at radius 1 is 1.27 bits per heavy atom. The Hall–Kier alpha value is -2.60. The average molecular weight is 401 g/mol. The van der Waals surface area contributed by atoms with Gasteiger partial charge in [0, 0.05) is 5.39 Å².